The van der Waals surface area contributed by atoms with Gasteiger partial charge in [0.05, 0.1) is 0 Å². The summed E-state index contributed by atoms with van der Waals surface area (Å²) in [6.45, 7) is 3.43. The molecule has 0 unspecified atom stereocenters. The van der Waals surface area contributed by atoms with Crippen LogP contribution in [0.15, 0.2) is 9.98 Å². The Morgan fingerprint density at radius 3 is 2.86 bits per heavy atom. The Bertz CT molecular complexity index is 305. The molecule has 1 aliphatic carbocycles. The minimum absolute atomic E-state index is 0.498. The summed E-state index contributed by atoms with van der Waals surface area (Å²) < 4.78 is 0.932. The lowest BCUT2D eigenvalue weighted by atomic mass is 9.89. The number of halogens is 1. The van der Waals surface area contributed by atoms with Gasteiger partial charge >= 0.3 is 0 Å². The van der Waals surface area contributed by atoms with E-state index in [1.807, 2.05) is 5.38 Å². The van der Waals surface area contributed by atoms with Crippen LogP contribution in [0.25, 0.3) is 0 Å². The minimum atomic E-state index is 0.498. The van der Waals surface area contributed by atoms with Gasteiger partial charge in [-0.1, -0.05) is 19.8 Å². The van der Waals surface area contributed by atoms with Crippen molar-refractivity contribution in [1.29, 1.82) is 0 Å². The highest BCUT2D eigenvalue weighted by atomic mass is 79.9. The Morgan fingerprint density at radius 1 is 1.57 bits per heavy atom. The minimum Gasteiger partial charge on any atom is -0.361 e. The standard InChI is InChI=1S/C10H15BrN2S/c1-10(4-2-3-5-10)7-12-9-13-8(11)6-14-9/h6H,2-5,7H2,1H3,(H,12,13). The summed E-state index contributed by atoms with van der Waals surface area (Å²) in [6, 6.07) is 0. The highest BCUT2D eigenvalue weighted by Gasteiger charge is 2.28. The second kappa shape index (κ2) is 4.19. The van der Waals surface area contributed by atoms with Crippen molar-refractivity contribution in [3.8, 4) is 0 Å². The number of nitrogens with zero attached hydrogens (tertiary/aromatic N) is 1. The number of hydrogen-bond donors (Lipinski definition) is 1. The predicted octanol–water partition coefficient (Wildman–Crippen LogP) is 3.90. The van der Waals surface area contributed by atoms with Crippen LogP contribution in [0, 0.1) is 5.41 Å². The molecule has 1 saturated carbocycles. The third kappa shape index (κ3) is 2.48. The van der Waals surface area contributed by atoms with Crippen molar-refractivity contribution >= 4 is 32.4 Å². The number of hydrogen-bond acceptors (Lipinski definition) is 3. The number of anilines is 1. The van der Waals surface area contributed by atoms with Crippen LogP contribution < -0.4 is 5.32 Å². The van der Waals surface area contributed by atoms with Crippen LogP contribution in [-0.4, -0.2) is 11.5 Å². The molecule has 0 aliphatic heterocycles. The van der Waals surface area contributed by atoms with Gasteiger partial charge in [0.25, 0.3) is 0 Å². The van der Waals surface area contributed by atoms with E-state index in [1.54, 1.807) is 11.3 Å². The van der Waals surface area contributed by atoms with Crippen molar-refractivity contribution in [1.82, 2.24) is 4.98 Å². The SMILES string of the molecule is CC1(CNc2nc(Br)cs2)CCCC1. The molecule has 0 bridgehead atoms. The maximum atomic E-state index is 4.33. The molecule has 0 spiro atoms. The molecule has 0 amide bonds. The molecule has 1 fully saturated rings. The van der Waals surface area contributed by atoms with Crippen LogP contribution >= 0.6 is 27.3 Å². The molecule has 78 valence electrons. The maximum absolute atomic E-state index is 4.33. The van der Waals surface area contributed by atoms with E-state index in [1.165, 1.54) is 25.7 Å². The Morgan fingerprint density at radius 2 is 2.29 bits per heavy atom. The van der Waals surface area contributed by atoms with E-state index < -0.39 is 0 Å². The van der Waals surface area contributed by atoms with Crippen molar-refractivity contribution in [3.05, 3.63) is 9.98 Å². The molecular formula is C10H15BrN2S. The molecular weight excluding hydrogens is 260 g/mol. The fourth-order valence-corrected chi connectivity index (χ4v) is 3.17. The first-order valence-electron chi connectivity index (χ1n) is 5.03. The first kappa shape index (κ1) is 10.4. The summed E-state index contributed by atoms with van der Waals surface area (Å²) in [4.78, 5) is 4.33. The van der Waals surface area contributed by atoms with Gasteiger partial charge in [-0.3, -0.25) is 0 Å². The molecule has 1 heterocycles. The molecule has 1 aromatic rings. The van der Waals surface area contributed by atoms with E-state index in [4.69, 9.17) is 0 Å². The molecule has 1 N–H and O–H groups in total. The van der Waals surface area contributed by atoms with Crippen molar-refractivity contribution in [2.45, 2.75) is 32.6 Å². The zero-order chi connectivity index (χ0) is 10.0. The van der Waals surface area contributed by atoms with E-state index in [9.17, 15) is 0 Å². The van der Waals surface area contributed by atoms with Crippen molar-refractivity contribution in [2.75, 3.05) is 11.9 Å². The summed E-state index contributed by atoms with van der Waals surface area (Å²) >= 11 is 5.02. The topological polar surface area (TPSA) is 24.9 Å². The van der Waals surface area contributed by atoms with E-state index in [0.717, 1.165) is 16.3 Å². The smallest absolute Gasteiger partial charge is 0.183 e. The van der Waals surface area contributed by atoms with Crippen molar-refractivity contribution < 1.29 is 0 Å². The maximum Gasteiger partial charge on any atom is 0.183 e. The predicted molar refractivity (Wildman–Crippen MR) is 64.9 cm³/mol. The summed E-state index contributed by atoms with van der Waals surface area (Å²) in [6.07, 6.45) is 5.48. The van der Waals surface area contributed by atoms with Gasteiger partial charge in [0.2, 0.25) is 0 Å². The molecule has 0 saturated heterocycles. The number of nitrogens with one attached hydrogen (secondary N) is 1. The average molecular weight is 275 g/mol. The average Bonchev–Trinajstić information content (AvgIpc) is 2.73. The normalized spacial score (nSPS) is 19.9. The lowest BCUT2D eigenvalue weighted by molar-refractivity contribution is 0.362. The fourth-order valence-electron chi connectivity index (χ4n) is 2.03. The zero-order valence-corrected chi connectivity index (χ0v) is 10.7. The quantitative estimate of drug-likeness (QED) is 0.905. The molecule has 0 aromatic carbocycles. The number of aromatic nitrogens is 1. The molecule has 14 heavy (non-hydrogen) atoms. The number of thiazole rings is 1. The lowest BCUT2D eigenvalue weighted by Crippen LogP contribution is -2.22. The van der Waals surface area contributed by atoms with Crippen molar-refractivity contribution in [2.24, 2.45) is 5.41 Å². The van der Waals surface area contributed by atoms with Gasteiger partial charge in [0, 0.05) is 11.9 Å². The van der Waals surface area contributed by atoms with E-state index in [-0.39, 0.29) is 0 Å². The Hall–Kier alpha value is -0.0900. The molecule has 0 radical (unpaired) electrons. The summed E-state index contributed by atoms with van der Waals surface area (Å²) in [5.74, 6) is 0. The van der Waals surface area contributed by atoms with Gasteiger partial charge in [-0.2, -0.15) is 0 Å². The van der Waals surface area contributed by atoms with Crippen LogP contribution in [0.4, 0.5) is 5.13 Å². The Kier molecular flexibility index (Phi) is 3.12. The monoisotopic (exact) mass is 274 g/mol. The van der Waals surface area contributed by atoms with Crippen LogP contribution in [0.3, 0.4) is 0 Å². The second-order valence-corrected chi connectivity index (χ2v) is 6.02. The first-order chi connectivity index (χ1) is 6.68. The molecule has 2 rings (SSSR count). The highest BCUT2D eigenvalue weighted by molar-refractivity contribution is 9.10. The van der Waals surface area contributed by atoms with Crippen LogP contribution in [0.2, 0.25) is 0 Å². The molecule has 2 nitrogen and oxygen atoms in total. The zero-order valence-electron chi connectivity index (χ0n) is 8.35. The van der Waals surface area contributed by atoms with Gasteiger partial charge in [0.15, 0.2) is 5.13 Å². The van der Waals surface area contributed by atoms with Gasteiger partial charge < -0.3 is 5.32 Å². The van der Waals surface area contributed by atoms with E-state index >= 15 is 0 Å². The van der Waals surface area contributed by atoms with Gasteiger partial charge in [-0.25, -0.2) is 4.98 Å². The molecule has 1 aromatic heterocycles. The number of rotatable bonds is 3. The van der Waals surface area contributed by atoms with Crippen LogP contribution in [-0.2, 0) is 0 Å². The van der Waals surface area contributed by atoms with E-state index in [2.05, 4.69) is 33.2 Å². The summed E-state index contributed by atoms with van der Waals surface area (Å²) in [5.41, 5.74) is 0.498. The third-order valence-electron chi connectivity index (χ3n) is 2.95. The third-order valence-corrected chi connectivity index (χ3v) is 4.46. The summed E-state index contributed by atoms with van der Waals surface area (Å²) in [7, 11) is 0. The largest absolute Gasteiger partial charge is 0.361 e. The van der Waals surface area contributed by atoms with Crippen molar-refractivity contribution in [3.63, 3.8) is 0 Å². The highest BCUT2D eigenvalue weighted by Crippen LogP contribution is 2.37. The Labute approximate surface area is 97.3 Å². The summed E-state index contributed by atoms with van der Waals surface area (Å²) in [5, 5.41) is 6.47. The Balaban J connectivity index is 1.87. The molecule has 1 aliphatic rings. The van der Waals surface area contributed by atoms with E-state index in [0.29, 0.717) is 5.41 Å². The van der Waals surface area contributed by atoms with Gasteiger partial charge in [0.1, 0.15) is 4.60 Å². The van der Waals surface area contributed by atoms with Gasteiger partial charge in [-0.15, -0.1) is 11.3 Å². The molecule has 4 heteroatoms. The molecule has 0 atom stereocenters. The second-order valence-electron chi connectivity index (χ2n) is 4.35. The lowest BCUT2D eigenvalue weighted by Gasteiger charge is -2.23. The van der Waals surface area contributed by atoms with Gasteiger partial charge in [-0.05, 0) is 34.2 Å². The van der Waals surface area contributed by atoms with Crippen LogP contribution in [0.1, 0.15) is 32.6 Å². The fraction of sp³-hybridized carbons (Fsp3) is 0.700. The van der Waals surface area contributed by atoms with Crippen LogP contribution in [0.5, 0.6) is 0 Å². The first-order valence-corrected chi connectivity index (χ1v) is 6.70.